The molecule has 4 atom stereocenters. The van der Waals surface area contributed by atoms with Gasteiger partial charge in [-0.05, 0) is 0 Å². The molecule has 1 aliphatic heterocycles. The summed E-state index contributed by atoms with van der Waals surface area (Å²) in [6.07, 6.45) is -3.60. The largest absolute Gasteiger partial charge is 0.394 e. The van der Waals surface area contributed by atoms with Crippen molar-refractivity contribution >= 4 is 0 Å². The van der Waals surface area contributed by atoms with Crippen LogP contribution in [0.2, 0.25) is 0 Å². The van der Waals surface area contributed by atoms with Crippen LogP contribution in [0.25, 0.3) is 0 Å². The maximum atomic E-state index is 9.25. The van der Waals surface area contributed by atoms with Crippen LogP contribution in [-0.2, 0) is 9.47 Å². The van der Waals surface area contributed by atoms with E-state index in [-0.39, 0.29) is 6.61 Å². The third-order valence-electron chi connectivity index (χ3n) is 1.76. The van der Waals surface area contributed by atoms with Crippen LogP contribution in [0.3, 0.4) is 0 Å². The first-order chi connectivity index (χ1) is 5.20. The Bertz CT molecular complexity index is 128. The van der Waals surface area contributed by atoms with Crippen molar-refractivity contribution in [2.45, 2.75) is 24.6 Å². The lowest BCUT2D eigenvalue weighted by atomic mass is 10.1. The molecule has 0 unspecified atom stereocenters. The Balaban J connectivity index is 2.55. The van der Waals surface area contributed by atoms with Crippen molar-refractivity contribution in [1.29, 1.82) is 0 Å². The zero-order chi connectivity index (χ0) is 8.43. The van der Waals surface area contributed by atoms with Gasteiger partial charge in [0, 0.05) is 7.11 Å². The van der Waals surface area contributed by atoms with Gasteiger partial charge in [0.15, 0.2) is 6.29 Å². The molecule has 5 nitrogen and oxygen atoms in total. The Morgan fingerprint density at radius 1 is 1.45 bits per heavy atom. The maximum absolute atomic E-state index is 9.25. The molecule has 0 aliphatic carbocycles. The number of ether oxygens (including phenoxy) is 2. The molecule has 0 aromatic rings. The molecular formula is C6H12O5. The molecule has 1 heterocycles. The number of aliphatic hydroxyl groups is 3. The minimum atomic E-state index is -1.15. The summed E-state index contributed by atoms with van der Waals surface area (Å²) in [6.45, 7) is -0.321. The van der Waals surface area contributed by atoms with Gasteiger partial charge in [0.25, 0.3) is 0 Å². The van der Waals surface area contributed by atoms with Gasteiger partial charge in [-0.2, -0.15) is 0 Å². The summed E-state index contributed by atoms with van der Waals surface area (Å²) in [4.78, 5) is 0. The van der Waals surface area contributed by atoms with Gasteiger partial charge in [0.2, 0.25) is 0 Å². The lowest BCUT2D eigenvalue weighted by molar-refractivity contribution is -0.139. The van der Waals surface area contributed by atoms with E-state index in [0.717, 1.165) is 0 Å². The molecular weight excluding hydrogens is 152 g/mol. The summed E-state index contributed by atoms with van der Waals surface area (Å²) in [6, 6.07) is 0. The van der Waals surface area contributed by atoms with Gasteiger partial charge in [0.1, 0.15) is 18.3 Å². The van der Waals surface area contributed by atoms with Crippen molar-refractivity contribution in [2.24, 2.45) is 0 Å². The van der Waals surface area contributed by atoms with E-state index in [1.807, 2.05) is 0 Å². The maximum Gasteiger partial charge on any atom is 0.184 e. The summed E-state index contributed by atoms with van der Waals surface area (Å²) in [7, 11) is 1.36. The van der Waals surface area contributed by atoms with Crippen molar-refractivity contribution in [1.82, 2.24) is 0 Å². The third-order valence-corrected chi connectivity index (χ3v) is 1.76. The quantitative estimate of drug-likeness (QED) is 0.443. The van der Waals surface area contributed by atoms with Crippen LogP contribution < -0.4 is 0 Å². The van der Waals surface area contributed by atoms with Crippen molar-refractivity contribution in [3.8, 4) is 0 Å². The zero-order valence-electron chi connectivity index (χ0n) is 6.17. The highest BCUT2D eigenvalue weighted by Crippen LogP contribution is 2.21. The summed E-state index contributed by atoms with van der Waals surface area (Å²) in [5.41, 5.74) is 0. The zero-order valence-corrected chi connectivity index (χ0v) is 6.17. The van der Waals surface area contributed by atoms with E-state index in [0.29, 0.717) is 0 Å². The van der Waals surface area contributed by atoms with Crippen LogP contribution in [0.1, 0.15) is 0 Å². The molecule has 5 heteroatoms. The second-order valence-electron chi connectivity index (χ2n) is 2.44. The average molecular weight is 164 g/mol. The van der Waals surface area contributed by atoms with Gasteiger partial charge < -0.3 is 24.8 Å². The molecule has 1 rings (SSSR count). The summed E-state index contributed by atoms with van der Waals surface area (Å²) in [5, 5.41) is 26.9. The van der Waals surface area contributed by atoms with Gasteiger partial charge in [-0.15, -0.1) is 0 Å². The predicted molar refractivity (Wildman–Crippen MR) is 34.8 cm³/mol. The lowest BCUT2D eigenvalue weighted by Crippen LogP contribution is -2.35. The number of aliphatic hydroxyl groups excluding tert-OH is 3. The normalized spacial score (nSPS) is 44.7. The molecule has 0 amide bonds. The van der Waals surface area contributed by atoms with Crippen LogP contribution in [-0.4, -0.2) is 53.6 Å². The first-order valence-corrected chi connectivity index (χ1v) is 3.36. The molecule has 66 valence electrons. The third kappa shape index (κ3) is 1.52. The van der Waals surface area contributed by atoms with Gasteiger partial charge in [-0.1, -0.05) is 0 Å². The molecule has 0 aromatic carbocycles. The topological polar surface area (TPSA) is 79.2 Å². The fourth-order valence-electron chi connectivity index (χ4n) is 1.12. The summed E-state index contributed by atoms with van der Waals surface area (Å²) >= 11 is 0. The van der Waals surface area contributed by atoms with Crippen molar-refractivity contribution in [3.05, 3.63) is 0 Å². The molecule has 0 saturated carbocycles. The summed E-state index contributed by atoms with van der Waals surface area (Å²) < 4.78 is 9.49. The monoisotopic (exact) mass is 164 g/mol. The molecule has 11 heavy (non-hydrogen) atoms. The Hall–Kier alpha value is -0.200. The molecule has 0 radical (unpaired) electrons. The lowest BCUT2D eigenvalue weighted by Gasteiger charge is -2.14. The fraction of sp³-hybridized carbons (Fsp3) is 1.00. The predicted octanol–water partition coefficient (Wildman–Crippen LogP) is -1.93. The number of hydrogen-bond donors (Lipinski definition) is 3. The van der Waals surface area contributed by atoms with Crippen molar-refractivity contribution < 1.29 is 24.8 Å². The van der Waals surface area contributed by atoms with Gasteiger partial charge in [-0.3, -0.25) is 0 Å². The van der Waals surface area contributed by atoms with Gasteiger partial charge >= 0.3 is 0 Å². The standard InChI is InChI=1S/C6H12O5/c1-10-5-4(8)3(2-7)11-6(5)9/h3-9H,2H2,1H3/t3-,4+,5-,6-/m1/s1. The minimum absolute atomic E-state index is 0.321. The van der Waals surface area contributed by atoms with Crippen molar-refractivity contribution in [2.75, 3.05) is 13.7 Å². The second kappa shape index (κ2) is 3.46. The smallest absolute Gasteiger partial charge is 0.184 e. The second-order valence-corrected chi connectivity index (χ2v) is 2.44. The van der Waals surface area contributed by atoms with Crippen LogP contribution in [0.4, 0.5) is 0 Å². The minimum Gasteiger partial charge on any atom is -0.394 e. The molecule has 1 saturated heterocycles. The van der Waals surface area contributed by atoms with Crippen molar-refractivity contribution in [3.63, 3.8) is 0 Å². The Morgan fingerprint density at radius 2 is 2.09 bits per heavy atom. The van der Waals surface area contributed by atoms with Crippen LogP contribution in [0.5, 0.6) is 0 Å². The van der Waals surface area contributed by atoms with Crippen LogP contribution in [0.15, 0.2) is 0 Å². The Kier molecular flexibility index (Phi) is 2.80. The SMILES string of the molecule is CO[C@@H]1[C@@H](O)[C@@H](CO)O[C@H]1O. The number of rotatable bonds is 2. The molecule has 1 aliphatic rings. The highest BCUT2D eigenvalue weighted by Gasteiger charge is 2.42. The molecule has 1 fully saturated rings. The van der Waals surface area contributed by atoms with E-state index >= 15 is 0 Å². The van der Waals surface area contributed by atoms with E-state index in [1.54, 1.807) is 0 Å². The van der Waals surface area contributed by atoms with E-state index in [1.165, 1.54) is 7.11 Å². The Morgan fingerprint density at radius 3 is 2.36 bits per heavy atom. The van der Waals surface area contributed by atoms with Gasteiger partial charge in [0.05, 0.1) is 6.61 Å². The Labute approximate surface area is 64.2 Å². The number of methoxy groups -OCH3 is 1. The first kappa shape index (κ1) is 8.89. The highest BCUT2D eigenvalue weighted by molar-refractivity contribution is 4.86. The van der Waals surface area contributed by atoms with Crippen LogP contribution in [0, 0.1) is 0 Å². The summed E-state index contributed by atoms with van der Waals surface area (Å²) in [5.74, 6) is 0. The average Bonchev–Trinajstić information content (AvgIpc) is 2.26. The molecule has 0 aromatic heterocycles. The molecule has 3 N–H and O–H groups in total. The van der Waals surface area contributed by atoms with E-state index in [9.17, 15) is 5.11 Å². The van der Waals surface area contributed by atoms with Crippen LogP contribution >= 0.6 is 0 Å². The molecule has 0 bridgehead atoms. The van der Waals surface area contributed by atoms with E-state index < -0.39 is 24.6 Å². The van der Waals surface area contributed by atoms with E-state index in [2.05, 4.69) is 0 Å². The molecule has 0 spiro atoms. The highest BCUT2D eigenvalue weighted by atomic mass is 16.7. The first-order valence-electron chi connectivity index (χ1n) is 3.36. The fourth-order valence-corrected chi connectivity index (χ4v) is 1.12. The van der Waals surface area contributed by atoms with Gasteiger partial charge in [-0.25, -0.2) is 0 Å². The number of hydrogen-bond acceptors (Lipinski definition) is 5. The van der Waals surface area contributed by atoms with E-state index in [4.69, 9.17) is 19.7 Å².